The minimum Gasteiger partial charge on any atom is -0.494 e. The summed E-state index contributed by atoms with van der Waals surface area (Å²) in [6.45, 7) is 5.63. The van der Waals surface area contributed by atoms with E-state index in [0.717, 1.165) is 51.4 Å². The first-order valence-corrected chi connectivity index (χ1v) is 12.6. The van der Waals surface area contributed by atoms with Crippen LogP contribution in [0.5, 0.6) is 5.75 Å². The van der Waals surface area contributed by atoms with Gasteiger partial charge in [-0.1, -0.05) is 24.4 Å². The number of anilines is 1. The normalized spacial score (nSPS) is 15.0. The summed E-state index contributed by atoms with van der Waals surface area (Å²) in [6.07, 6.45) is 4.57. The summed E-state index contributed by atoms with van der Waals surface area (Å²) in [7, 11) is -2.10. The van der Waals surface area contributed by atoms with E-state index in [1.807, 2.05) is 12.1 Å². The highest BCUT2D eigenvalue weighted by atomic mass is 35.5. The minimum absolute atomic E-state index is 0.202. The molecule has 31 heavy (non-hydrogen) atoms. The second-order valence-electron chi connectivity index (χ2n) is 7.64. The van der Waals surface area contributed by atoms with Crippen molar-refractivity contribution in [2.45, 2.75) is 30.6 Å². The summed E-state index contributed by atoms with van der Waals surface area (Å²) >= 11 is 5.86. The van der Waals surface area contributed by atoms with Gasteiger partial charge in [0.15, 0.2) is 0 Å². The Bertz CT molecular complexity index is 898. The van der Waals surface area contributed by atoms with Crippen molar-refractivity contribution in [3.63, 3.8) is 0 Å². The Hall–Kier alpha value is -1.80. The minimum atomic E-state index is -3.64. The Labute approximate surface area is 190 Å². The van der Waals surface area contributed by atoms with Gasteiger partial charge in [0.1, 0.15) is 5.75 Å². The van der Waals surface area contributed by atoms with Gasteiger partial charge in [0.25, 0.3) is 10.0 Å². The summed E-state index contributed by atoms with van der Waals surface area (Å²) in [5.41, 5.74) is 0.574. The van der Waals surface area contributed by atoms with Crippen LogP contribution < -0.4 is 9.04 Å². The molecule has 0 aliphatic carbocycles. The monoisotopic (exact) mass is 466 g/mol. The van der Waals surface area contributed by atoms with Gasteiger partial charge in [-0.15, -0.1) is 0 Å². The molecular formula is C23H31ClN2O4S. The highest BCUT2D eigenvalue weighted by molar-refractivity contribution is 7.92. The Morgan fingerprint density at radius 3 is 2.29 bits per heavy atom. The average molecular weight is 467 g/mol. The van der Waals surface area contributed by atoms with Gasteiger partial charge in [0.2, 0.25) is 0 Å². The maximum atomic E-state index is 12.8. The van der Waals surface area contributed by atoms with Gasteiger partial charge in [-0.25, -0.2) is 8.42 Å². The Balaban J connectivity index is 1.39. The highest BCUT2D eigenvalue weighted by Crippen LogP contribution is 2.25. The number of ether oxygens (including phenoxy) is 2. The molecule has 0 spiro atoms. The fourth-order valence-electron chi connectivity index (χ4n) is 3.46. The molecule has 1 aliphatic rings. The van der Waals surface area contributed by atoms with Crippen LogP contribution in [0.4, 0.5) is 5.69 Å². The molecule has 1 aliphatic heterocycles. The Morgan fingerprint density at radius 2 is 1.61 bits per heavy atom. The van der Waals surface area contributed by atoms with Gasteiger partial charge < -0.3 is 9.47 Å². The summed E-state index contributed by atoms with van der Waals surface area (Å²) in [4.78, 5) is 2.67. The van der Waals surface area contributed by atoms with Crippen LogP contribution in [-0.4, -0.2) is 59.8 Å². The third kappa shape index (κ3) is 7.10. The molecule has 0 aromatic heterocycles. The van der Waals surface area contributed by atoms with E-state index < -0.39 is 10.0 Å². The lowest BCUT2D eigenvalue weighted by molar-refractivity contribution is 0.0371. The van der Waals surface area contributed by atoms with E-state index >= 15 is 0 Å². The average Bonchev–Trinajstić information content (AvgIpc) is 2.79. The maximum absolute atomic E-state index is 12.8. The number of hydrogen-bond donors (Lipinski definition) is 0. The first-order valence-electron chi connectivity index (χ1n) is 10.7. The standard InChI is InChI=1S/C23H31ClN2O4S/c1-25(31(27,28)23-12-6-20(24)7-13-23)21-8-10-22(11-9-21)30-17-5-3-2-4-14-26-15-18-29-19-16-26/h6-13H,2-5,14-19H2,1H3. The molecule has 1 saturated heterocycles. The molecule has 0 unspecified atom stereocenters. The van der Waals surface area contributed by atoms with Gasteiger partial charge >= 0.3 is 0 Å². The lowest BCUT2D eigenvalue weighted by Gasteiger charge is -2.26. The van der Waals surface area contributed by atoms with Crippen molar-refractivity contribution in [3.05, 3.63) is 53.6 Å². The molecule has 0 bridgehead atoms. The van der Waals surface area contributed by atoms with Crippen LogP contribution in [0.1, 0.15) is 25.7 Å². The van der Waals surface area contributed by atoms with Crippen molar-refractivity contribution in [2.75, 3.05) is 50.8 Å². The predicted octanol–water partition coefficient (Wildman–Crippen LogP) is 4.44. The van der Waals surface area contributed by atoms with Crippen molar-refractivity contribution >= 4 is 27.3 Å². The molecule has 3 rings (SSSR count). The number of nitrogens with zero attached hydrogens (tertiary/aromatic N) is 2. The molecule has 2 aromatic rings. The molecule has 6 nitrogen and oxygen atoms in total. The molecule has 0 saturated carbocycles. The predicted molar refractivity (Wildman–Crippen MR) is 125 cm³/mol. The van der Waals surface area contributed by atoms with E-state index in [9.17, 15) is 8.42 Å². The zero-order chi connectivity index (χ0) is 22.1. The summed E-state index contributed by atoms with van der Waals surface area (Å²) in [6, 6.07) is 13.3. The van der Waals surface area contributed by atoms with E-state index in [0.29, 0.717) is 17.3 Å². The molecule has 8 heteroatoms. The fourth-order valence-corrected chi connectivity index (χ4v) is 4.78. The van der Waals surface area contributed by atoms with E-state index in [2.05, 4.69) is 4.90 Å². The molecule has 0 N–H and O–H groups in total. The highest BCUT2D eigenvalue weighted by Gasteiger charge is 2.21. The van der Waals surface area contributed by atoms with E-state index in [1.54, 1.807) is 24.3 Å². The van der Waals surface area contributed by atoms with E-state index in [4.69, 9.17) is 21.1 Å². The van der Waals surface area contributed by atoms with Crippen LogP contribution >= 0.6 is 11.6 Å². The van der Waals surface area contributed by atoms with Crippen LogP contribution in [0.15, 0.2) is 53.4 Å². The van der Waals surface area contributed by atoms with Crippen molar-refractivity contribution in [1.82, 2.24) is 4.90 Å². The van der Waals surface area contributed by atoms with Gasteiger partial charge in [-0.05, 0) is 67.9 Å². The number of unbranched alkanes of at least 4 members (excludes halogenated alkanes) is 3. The summed E-state index contributed by atoms with van der Waals surface area (Å²) in [5.74, 6) is 0.745. The SMILES string of the molecule is CN(c1ccc(OCCCCCCN2CCOCC2)cc1)S(=O)(=O)c1ccc(Cl)cc1. The van der Waals surface area contributed by atoms with Crippen LogP contribution in [-0.2, 0) is 14.8 Å². The largest absolute Gasteiger partial charge is 0.494 e. The van der Waals surface area contributed by atoms with Gasteiger partial charge in [-0.2, -0.15) is 0 Å². The van der Waals surface area contributed by atoms with Gasteiger partial charge in [0, 0.05) is 25.2 Å². The number of rotatable bonds is 11. The second-order valence-corrected chi connectivity index (χ2v) is 10.0. The fraction of sp³-hybridized carbons (Fsp3) is 0.478. The van der Waals surface area contributed by atoms with Crippen LogP contribution in [0.2, 0.25) is 5.02 Å². The number of sulfonamides is 1. The second kappa shape index (κ2) is 11.7. The Kier molecular flexibility index (Phi) is 9.02. The zero-order valence-corrected chi connectivity index (χ0v) is 19.6. The molecule has 0 radical (unpaired) electrons. The molecule has 170 valence electrons. The number of benzene rings is 2. The summed E-state index contributed by atoms with van der Waals surface area (Å²) in [5, 5.41) is 0.500. The number of halogens is 1. The lowest BCUT2D eigenvalue weighted by atomic mass is 10.2. The van der Waals surface area contributed by atoms with Gasteiger partial charge in [0.05, 0.1) is 30.4 Å². The maximum Gasteiger partial charge on any atom is 0.264 e. The molecule has 0 atom stereocenters. The first kappa shape index (κ1) is 23.9. The van der Waals surface area contributed by atoms with Crippen molar-refractivity contribution < 1.29 is 17.9 Å². The van der Waals surface area contributed by atoms with E-state index in [1.165, 1.54) is 36.3 Å². The van der Waals surface area contributed by atoms with Crippen LogP contribution in [0.3, 0.4) is 0 Å². The zero-order valence-electron chi connectivity index (χ0n) is 18.0. The van der Waals surface area contributed by atoms with Crippen molar-refractivity contribution in [2.24, 2.45) is 0 Å². The third-order valence-electron chi connectivity index (χ3n) is 5.41. The third-order valence-corrected chi connectivity index (χ3v) is 7.47. The van der Waals surface area contributed by atoms with Crippen LogP contribution in [0, 0.1) is 0 Å². The first-order chi connectivity index (χ1) is 15.0. The molecule has 1 fully saturated rings. The summed E-state index contributed by atoms with van der Waals surface area (Å²) < 4.78 is 38.0. The smallest absolute Gasteiger partial charge is 0.264 e. The van der Waals surface area contributed by atoms with Crippen molar-refractivity contribution in [3.8, 4) is 5.75 Å². The molecule has 2 aromatic carbocycles. The van der Waals surface area contributed by atoms with Gasteiger partial charge in [-0.3, -0.25) is 9.21 Å². The van der Waals surface area contributed by atoms with E-state index in [-0.39, 0.29) is 4.90 Å². The Morgan fingerprint density at radius 1 is 0.968 bits per heavy atom. The number of morpholine rings is 1. The lowest BCUT2D eigenvalue weighted by Crippen LogP contribution is -2.36. The molecule has 0 amide bonds. The van der Waals surface area contributed by atoms with Crippen molar-refractivity contribution in [1.29, 1.82) is 0 Å². The topological polar surface area (TPSA) is 59.1 Å². The van der Waals surface area contributed by atoms with Crippen LogP contribution in [0.25, 0.3) is 0 Å². The quantitative estimate of drug-likeness (QED) is 0.458. The number of hydrogen-bond acceptors (Lipinski definition) is 5. The molecule has 1 heterocycles. The molecular weight excluding hydrogens is 436 g/mol.